The zero-order valence-corrected chi connectivity index (χ0v) is 23.3. The number of amides is 1. The van der Waals surface area contributed by atoms with E-state index in [9.17, 15) is 4.79 Å². The zero-order chi connectivity index (χ0) is 27.5. The van der Waals surface area contributed by atoms with Crippen LogP contribution in [0, 0.1) is 6.92 Å². The molecule has 8 heteroatoms. The van der Waals surface area contributed by atoms with Crippen molar-refractivity contribution in [3.05, 3.63) is 71.9 Å². The lowest BCUT2D eigenvalue weighted by Gasteiger charge is -2.38. The van der Waals surface area contributed by atoms with Crippen LogP contribution in [0.2, 0.25) is 0 Å². The highest BCUT2D eigenvalue weighted by Gasteiger charge is 2.24. The Morgan fingerprint density at radius 3 is 2.50 bits per heavy atom. The molecule has 2 aliphatic heterocycles. The fraction of sp³-hybridized carbons (Fsp3) is 0.375. The number of aromatic nitrogens is 2. The van der Waals surface area contributed by atoms with E-state index in [0.717, 1.165) is 91.4 Å². The number of aromatic amines is 1. The molecule has 0 atom stereocenters. The second kappa shape index (κ2) is 11.6. The zero-order valence-electron chi connectivity index (χ0n) is 23.3. The van der Waals surface area contributed by atoms with Crippen LogP contribution in [0.4, 0.5) is 11.4 Å². The van der Waals surface area contributed by atoms with E-state index in [1.54, 1.807) is 0 Å². The third kappa shape index (κ3) is 5.36. The van der Waals surface area contributed by atoms with Crippen molar-refractivity contribution in [1.29, 1.82) is 0 Å². The van der Waals surface area contributed by atoms with Gasteiger partial charge in [-0.05, 0) is 61.4 Å². The Balaban J connectivity index is 1.34. The first kappa shape index (κ1) is 26.2. The van der Waals surface area contributed by atoms with Gasteiger partial charge < -0.3 is 24.6 Å². The normalized spacial score (nSPS) is 16.4. The minimum atomic E-state index is -0.0449. The molecule has 0 spiro atoms. The van der Waals surface area contributed by atoms with Crippen molar-refractivity contribution >= 4 is 28.2 Å². The molecule has 1 amide bonds. The maximum Gasteiger partial charge on any atom is 0.253 e. The number of piperazine rings is 1. The van der Waals surface area contributed by atoms with Gasteiger partial charge in [0.2, 0.25) is 0 Å². The second-order valence-electron chi connectivity index (χ2n) is 10.5. The summed E-state index contributed by atoms with van der Waals surface area (Å²) in [5.41, 5.74) is 6.82. The third-order valence-corrected chi connectivity index (χ3v) is 7.92. The SMILES string of the molecule is CCNC(=O)c1ccc(-c2cc(OC3CCOCC3)c3c(C)[nH]nc3c2)cc1N1CCN(c2ccccc2)CC1. The molecule has 2 N–H and O–H groups in total. The molecule has 0 radical (unpaired) electrons. The number of H-pyrrole nitrogens is 1. The summed E-state index contributed by atoms with van der Waals surface area (Å²) in [5, 5.41) is 11.7. The molecule has 0 aliphatic carbocycles. The minimum absolute atomic E-state index is 0.0449. The summed E-state index contributed by atoms with van der Waals surface area (Å²) in [6.45, 7) is 9.46. The number of para-hydroxylation sites is 1. The predicted octanol–water partition coefficient (Wildman–Crippen LogP) is 5.17. The standard InChI is InChI=1S/C32H37N5O3/c1-3-33-32(38)27-10-9-23(20-29(27)37-15-13-36(14-16-37)25-7-5-4-6-8-25)24-19-28-31(22(2)34-35-28)30(21-24)40-26-11-17-39-18-12-26/h4-10,19-21,26H,3,11-18H2,1-2H3,(H,33,38)(H,34,35). The van der Waals surface area contributed by atoms with E-state index in [4.69, 9.17) is 9.47 Å². The summed E-state index contributed by atoms with van der Waals surface area (Å²) in [5.74, 6) is 0.799. The van der Waals surface area contributed by atoms with Crippen LogP contribution in [-0.2, 0) is 4.74 Å². The smallest absolute Gasteiger partial charge is 0.253 e. The van der Waals surface area contributed by atoms with Crippen LogP contribution in [0.25, 0.3) is 22.0 Å². The summed E-state index contributed by atoms with van der Waals surface area (Å²) >= 11 is 0. The van der Waals surface area contributed by atoms with Gasteiger partial charge in [0, 0.05) is 56.9 Å². The van der Waals surface area contributed by atoms with E-state index in [0.29, 0.717) is 12.1 Å². The predicted molar refractivity (Wildman–Crippen MR) is 160 cm³/mol. The number of anilines is 2. The Kier molecular flexibility index (Phi) is 7.60. The molecule has 2 aliphatic rings. The molecule has 2 saturated heterocycles. The molecular formula is C32H37N5O3. The van der Waals surface area contributed by atoms with Gasteiger partial charge in [-0.25, -0.2) is 0 Å². The largest absolute Gasteiger partial charge is 0.489 e. The quantitative estimate of drug-likeness (QED) is 0.337. The molecule has 1 aromatic heterocycles. The van der Waals surface area contributed by atoms with Crippen LogP contribution in [-0.4, -0.2) is 68.1 Å². The number of benzene rings is 3. The van der Waals surface area contributed by atoms with Gasteiger partial charge in [-0.2, -0.15) is 5.10 Å². The first-order valence-corrected chi connectivity index (χ1v) is 14.3. The lowest BCUT2D eigenvalue weighted by Crippen LogP contribution is -2.47. The molecule has 6 rings (SSSR count). The van der Waals surface area contributed by atoms with Gasteiger partial charge in [0.05, 0.1) is 35.4 Å². The number of nitrogens with zero attached hydrogens (tertiary/aromatic N) is 3. The lowest BCUT2D eigenvalue weighted by molar-refractivity contribution is 0.0262. The van der Waals surface area contributed by atoms with E-state index in [1.807, 2.05) is 32.0 Å². The molecule has 0 unspecified atom stereocenters. The maximum atomic E-state index is 13.1. The van der Waals surface area contributed by atoms with Crippen LogP contribution in [0.5, 0.6) is 5.75 Å². The van der Waals surface area contributed by atoms with Gasteiger partial charge in [-0.15, -0.1) is 0 Å². The number of hydrogen-bond donors (Lipinski definition) is 2. The highest BCUT2D eigenvalue weighted by atomic mass is 16.5. The Morgan fingerprint density at radius 1 is 1.00 bits per heavy atom. The molecule has 40 heavy (non-hydrogen) atoms. The number of fused-ring (bicyclic) bond motifs is 1. The van der Waals surface area contributed by atoms with Crippen molar-refractivity contribution in [1.82, 2.24) is 15.5 Å². The molecular weight excluding hydrogens is 502 g/mol. The Labute approximate surface area is 235 Å². The number of hydrogen-bond acceptors (Lipinski definition) is 6. The Morgan fingerprint density at radius 2 is 1.75 bits per heavy atom. The molecule has 8 nitrogen and oxygen atoms in total. The average molecular weight is 540 g/mol. The van der Waals surface area contributed by atoms with Gasteiger partial charge in [-0.3, -0.25) is 9.89 Å². The van der Waals surface area contributed by atoms with Gasteiger partial charge in [-0.1, -0.05) is 24.3 Å². The average Bonchev–Trinajstić information content (AvgIpc) is 3.38. The van der Waals surface area contributed by atoms with Crippen molar-refractivity contribution in [2.24, 2.45) is 0 Å². The topological polar surface area (TPSA) is 82.7 Å². The summed E-state index contributed by atoms with van der Waals surface area (Å²) in [7, 11) is 0. The first-order valence-electron chi connectivity index (χ1n) is 14.3. The summed E-state index contributed by atoms with van der Waals surface area (Å²) in [4.78, 5) is 17.8. The highest BCUT2D eigenvalue weighted by molar-refractivity contribution is 6.01. The van der Waals surface area contributed by atoms with Crippen molar-refractivity contribution in [2.75, 3.05) is 55.7 Å². The molecule has 2 fully saturated rings. The fourth-order valence-corrected chi connectivity index (χ4v) is 5.76. The Hall–Kier alpha value is -4.04. The Bertz CT molecular complexity index is 1470. The number of nitrogens with one attached hydrogen (secondary N) is 2. The van der Waals surface area contributed by atoms with Crippen molar-refractivity contribution < 1.29 is 14.3 Å². The van der Waals surface area contributed by atoms with Gasteiger partial charge in [0.15, 0.2) is 0 Å². The van der Waals surface area contributed by atoms with E-state index in [2.05, 4.69) is 67.8 Å². The van der Waals surface area contributed by atoms with Crippen LogP contribution in [0.1, 0.15) is 35.8 Å². The summed E-state index contributed by atoms with van der Waals surface area (Å²) in [6, 6.07) is 20.9. The van der Waals surface area contributed by atoms with Crippen LogP contribution >= 0.6 is 0 Å². The number of rotatable bonds is 7. The van der Waals surface area contributed by atoms with Crippen LogP contribution in [0.15, 0.2) is 60.7 Å². The van der Waals surface area contributed by atoms with E-state index in [-0.39, 0.29) is 12.0 Å². The fourth-order valence-electron chi connectivity index (χ4n) is 5.76. The molecule has 4 aromatic rings. The van der Waals surface area contributed by atoms with Gasteiger partial charge in [0.1, 0.15) is 11.9 Å². The van der Waals surface area contributed by atoms with Crippen molar-refractivity contribution in [3.63, 3.8) is 0 Å². The summed E-state index contributed by atoms with van der Waals surface area (Å²) < 4.78 is 12.1. The van der Waals surface area contributed by atoms with Gasteiger partial charge in [0.25, 0.3) is 5.91 Å². The van der Waals surface area contributed by atoms with E-state index >= 15 is 0 Å². The molecule has 0 saturated carbocycles. The monoisotopic (exact) mass is 539 g/mol. The summed E-state index contributed by atoms with van der Waals surface area (Å²) in [6.07, 6.45) is 1.88. The van der Waals surface area contributed by atoms with E-state index in [1.165, 1.54) is 5.69 Å². The van der Waals surface area contributed by atoms with Crippen molar-refractivity contribution in [3.8, 4) is 16.9 Å². The minimum Gasteiger partial charge on any atom is -0.489 e. The lowest BCUT2D eigenvalue weighted by atomic mass is 9.99. The number of carbonyl (C=O) groups is 1. The molecule has 3 aromatic carbocycles. The third-order valence-electron chi connectivity index (χ3n) is 7.92. The molecule has 0 bridgehead atoms. The number of carbonyl (C=O) groups excluding carboxylic acids is 1. The molecule has 208 valence electrons. The second-order valence-corrected chi connectivity index (χ2v) is 10.5. The van der Waals surface area contributed by atoms with Crippen LogP contribution < -0.4 is 19.9 Å². The number of aryl methyl sites for hydroxylation is 1. The van der Waals surface area contributed by atoms with Crippen LogP contribution in [0.3, 0.4) is 0 Å². The van der Waals surface area contributed by atoms with E-state index < -0.39 is 0 Å². The molecule has 3 heterocycles. The first-order chi connectivity index (χ1) is 19.6. The van der Waals surface area contributed by atoms with Crippen molar-refractivity contribution in [2.45, 2.75) is 32.8 Å². The van der Waals surface area contributed by atoms with Gasteiger partial charge >= 0.3 is 0 Å². The maximum absolute atomic E-state index is 13.1. The number of ether oxygens (including phenoxy) is 2. The highest BCUT2D eigenvalue weighted by Crippen LogP contribution is 2.37.